The Morgan fingerprint density at radius 3 is 2.62 bits per heavy atom. The van der Waals surface area contributed by atoms with Crippen LogP contribution in [0.3, 0.4) is 0 Å². The Labute approximate surface area is 156 Å². The van der Waals surface area contributed by atoms with Crippen molar-refractivity contribution >= 4 is 27.5 Å². The lowest BCUT2D eigenvalue weighted by Gasteiger charge is -2.03. The molecule has 1 heterocycles. The van der Waals surface area contributed by atoms with Crippen molar-refractivity contribution in [2.24, 2.45) is 4.99 Å². The van der Waals surface area contributed by atoms with Crippen molar-refractivity contribution in [2.75, 3.05) is 6.61 Å². The zero-order chi connectivity index (χ0) is 18.7. The highest BCUT2D eigenvalue weighted by Gasteiger charge is 2.10. The largest absolute Gasteiger partial charge is 0.494 e. The summed E-state index contributed by atoms with van der Waals surface area (Å²) >= 11 is 1.44. The summed E-state index contributed by atoms with van der Waals surface area (Å²) in [6, 6.07) is 11.5. The second-order valence-electron chi connectivity index (χ2n) is 6.03. The first-order valence-corrected chi connectivity index (χ1v) is 9.20. The minimum atomic E-state index is -0.265. The van der Waals surface area contributed by atoms with Crippen LogP contribution in [0.25, 0.3) is 10.2 Å². The van der Waals surface area contributed by atoms with Gasteiger partial charge in [0.25, 0.3) is 5.91 Å². The van der Waals surface area contributed by atoms with E-state index in [0.29, 0.717) is 23.5 Å². The number of carbonyl (C=O) groups is 1. The van der Waals surface area contributed by atoms with Crippen molar-refractivity contribution in [3.8, 4) is 18.1 Å². The van der Waals surface area contributed by atoms with Crippen molar-refractivity contribution < 1.29 is 9.53 Å². The molecule has 0 atom stereocenters. The smallest absolute Gasteiger partial charge is 0.279 e. The van der Waals surface area contributed by atoms with E-state index in [9.17, 15) is 4.79 Å². The number of aromatic nitrogens is 1. The molecule has 26 heavy (non-hydrogen) atoms. The van der Waals surface area contributed by atoms with Crippen LogP contribution in [0.15, 0.2) is 41.4 Å². The minimum Gasteiger partial charge on any atom is -0.494 e. The second kappa shape index (κ2) is 7.59. The first-order valence-electron chi connectivity index (χ1n) is 8.39. The highest BCUT2D eigenvalue weighted by Crippen LogP contribution is 2.23. The van der Waals surface area contributed by atoms with Gasteiger partial charge in [0.2, 0.25) is 0 Å². The van der Waals surface area contributed by atoms with E-state index in [1.54, 1.807) is 0 Å². The highest BCUT2D eigenvalue weighted by molar-refractivity contribution is 7.16. The average molecular weight is 364 g/mol. The normalized spacial score (nSPS) is 11.5. The molecule has 0 aliphatic rings. The lowest BCUT2D eigenvalue weighted by atomic mass is 10.1. The zero-order valence-electron chi connectivity index (χ0n) is 15.1. The summed E-state index contributed by atoms with van der Waals surface area (Å²) < 4.78 is 8.43. The van der Waals surface area contributed by atoms with Crippen LogP contribution in [0.1, 0.15) is 28.4 Å². The van der Waals surface area contributed by atoms with E-state index in [0.717, 1.165) is 27.1 Å². The molecule has 1 amide bonds. The summed E-state index contributed by atoms with van der Waals surface area (Å²) in [5.41, 5.74) is 3.61. The number of thiazole rings is 1. The molecule has 0 unspecified atom stereocenters. The maximum Gasteiger partial charge on any atom is 0.279 e. The molecule has 3 aromatic rings. The van der Waals surface area contributed by atoms with Crippen LogP contribution in [-0.4, -0.2) is 17.1 Å². The molecule has 0 bridgehead atoms. The number of rotatable bonds is 4. The molecule has 132 valence electrons. The van der Waals surface area contributed by atoms with E-state index in [1.165, 1.54) is 11.3 Å². The van der Waals surface area contributed by atoms with Crippen LogP contribution in [0.5, 0.6) is 5.75 Å². The standard InChI is InChI=1S/C21H20N2O2S/c1-5-9-23-18-8-7-17(25-6-2)13-19(18)26-21(23)22-20(24)16-11-14(3)10-15(4)12-16/h1,7-8,10-13H,6,9H2,2-4H3. The Hall–Kier alpha value is -2.84. The van der Waals surface area contributed by atoms with Crippen LogP contribution in [0, 0.1) is 26.2 Å². The monoisotopic (exact) mass is 364 g/mol. The van der Waals surface area contributed by atoms with Crippen LogP contribution in [0.2, 0.25) is 0 Å². The average Bonchev–Trinajstić information content (AvgIpc) is 2.91. The van der Waals surface area contributed by atoms with Gasteiger partial charge in [0.15, 0.2) is 4.80 Å². The molecule has 0 fully saturated rings. The van der Waals surface area contributed by atoms with E-state index in [-0.39, 0.29) is 5.91 Å². The summed E-state index contributed by atoms with van der Waals surface area (Å²) in [7, 11) is 0. The minimum absolute atomic E-state index is 0.265. The summed E-state index contributed by atoms with van der Waals surface area (Å²) in [6.45, 7) is 6.84. The number of fused-ring (bicyclic) bond motifs is 1. The maximum atomic E-state index is 12.7. The lowest BCUT2D eigenvalue weighted by molar-refractivity contribution is 0.0997. The van der Waals surface area contributed by atoms with Gasteiger partial charge in [-0.25, -0.2) is 0 Å². The third-order valence-corrected chi connectivity index (χ3v) is 4.92. The third-order valence-electron chi connectivity index (χ3n) is 3.88. The Morgan fingerprint density at radius 2 is 1.96 bits per heavy atom. The van der Waals surface area contributed by atoms with Crippen molar-refractivity contribution in [2.45, 2.75) is 27.3 Å². The molecule has 2 aromatic carbocycles. The summed E-state index contributed by atoms with van der Waals surface area (Å²) in [5, 5.41) is 0. The summed E-state index contributed by atoms with van der Waals surface area (Å²) in [5.74, 6) is 3.17. The van der Waals surface area contributed by atoms with E-state index in [2.05, 4.69) is 10.9 Å². The van der Waals surface area contributed by atoms with Gasteiger partial charge in [-0.05, 0) is 51.1 Å². The third kappa shape index (κ3) is 3.71. The van der Waals surface area contributed by atoms with Crippen molar-refractivity contribution in [3.63, 3.8) is 0 Å². The fourth-order valence-corrected chi connectivity index (χ4v) is 3.95. The molecule has 5 heteroatoms. The summed E-state index contributed by atoms with van der Waals surface area (Å²) in [6.07, 6.45) is 5.52. The predicted molar refractivity (Wildman–Crippen MR) is 106 cm³/mol. The summed E-state index contributed by atoms with van der Waals surface area (Å²) in [4.78, 5) is 17.6. The Morgan fingerprint density at radius 1 is 1.23 bits per heavy atom. The number of benzene rings is 2. The first kappa shape index (κ1) is 18.0. The quantitative estimate of drug-likeness (QED) is 0.655. The molecule has 0 spiro atoms. The molecule has 0 N–H and O–H groups in total. The molecule has 0 aliphatic heterocycles. The Balaban J connectivity index is 2.12. The molecule has 0 aliphatic carbocycles. The van der Waals surface area contributed by atoms with Crippen molar-refractivity contribution in [3.05, 3.63) is 57.9 Å². The van der Waals surface area contributed by atoms with Crippen LogP contribution in [-0.2, 0) is 6.54 Å². The highest BCUT2D eigenvalue weighted by atomic mass is 32.1. The van der Waals surface area contributed by atoms with Gasteiger partial charge in [0.1, 0.15) is 5.75 Å². The topological polar surface area (TPSA) is 43.6 Å². The molecule has 0 radical (unpaired) electrons. The molecule has 0 saturated heterocycles. The number of terminal acetylenes is 1. The number of nitrogens with zero attached hydrogens (tertiary/aromatic N) is 2. The van der Waals surface area contributed by atoms with E-state index < -0.39 is 0 Å². The Bertz CT molecular complexity index is 1060. The molecule has 0 saturated carbocycles. The van der Waals surface area contributed by atoms with Crippen molar-refractivity contribution in [1.29, 1.82) is 0 Å². The predicted octanol–water partition coefficient (Wildman–Crippen LogP) is 4.09. The molecule has 3 rings (SSSR count). The lowest BCUT2D eigenvalue weighted by Crippen LogP contribution is -2.16. The first-order chi connectivity index (χ1) is 12.5. The molecule has 4 nitrogen and oxygen atoms in total. The number of carbonyl (C=O) groups excluding carboxylic acids is 1. The fourth-order valence-electron chi connectivity index (χ4n) is 2.89. The SMILES string of the molecule is C#CCn1c(=NC(=O)c2cc(C)cc(C)c2)sc2cc(OCC)ccc21. The van der Waals surface area contributed by atoms with Gasteiger partial charge in [-0.3, -0.25) is 4.79 Å². The van der Waals surface area contributed by atoms with Gasteiger partial charge < -0.3 is 9.30 Å². The number of aryl methyl sites for hydroxylation is 2. The fraction of sp³-hybridized carbons (Fsp3) is 0.238. The van der Waals surface area contributed by atoms with Crippen LogP contribution >= 0.6 is 11.3 Å². The molecular formula is C21H20N2O2S. The van der Waals surface area contributed by atoms with Crippen LogP contribution in [0.4, 0.5) is 0 Å². The second-order valence-corrected chi connectivity index (χ2v) is 7.04. The van der Waals surface area contributed by atoms with Gasteiger partial charge in [0, 0.05) is 5.56 Å². The van der Waals surface area contributed by atoms with Gasteiger partial charge in [-0.1, -0.05) is 34.5 Å². The maximum absolute atomic E-state index is 12.7. The van der Waals surface area contributed by atoms with Crippen LogP contribution < -0.4 is 9.54 Å². The number of hydrogen-bond acceptors (Lipinski definition) is 3. The number of amides is 1. The van der Waals surface area contributed by atoms with E-state index in [4.69, 9.17) is 11.2 Å². The van der Waals surface area contributed by atoms with E-state index >= 15 is 0 Å². The van der Waals surface area contributed by atoms with Gasteiger partial charge in [0.05, 0.1) is 23.4 Å². The number of hydrogen-bond donors (Lipinski definition) is 0. The zero-order valence-corrected chi connectivity index (χ0v) is 15.9. The van der Waals surface area contributed by atoms with Gasteiger partial charge in [-0.15, -0.1) is 6.42 Å². The van der Waals surface area contributed by atoms with Crippen molar-refractivity contribution in [1.82, 2.24) is 4.57 Å². The Kier molecular flexibility index (Phi) is 5.24. The van der Waals surface area contributed by atoms with Gasteiger partial charge in [-0.2, -0.15) is 4.99 Å². The molecule has 1 aromatic heterocycles. The number of ether oxygens (including phenoxy) is 1. The van der Waals surface area contributed by atoms with E-state index in [1.807, 2.05) is 61.7 Å². The van der Waals surface area contributed by atoms with Gasteiger partial charge >= 0.3 is 0 Å². The molecular weight excluding hydrogens is 344 g/mol.